The molecule has 0 unspecified atom stereocenters. The van der Waals surface area contributed by atoms with E-state index < -0.39 is 5.63 Å². The predicted octanol–water partition coefficient (Wildman–Crippen LogP) is 5.80. The Balaban J connectivity index is 1.95. The van der Waals surface area contributed by atoms with Gasteiger partial charge in [0.2, 0.25) is 0 Å². The monoisotopic (exact) mass is 375 g/mol. The highest BCUT2D eigenvalue weighted by Gasteiger charge is 2.12. The van der Waals surface area contributed by atoms with Crippen LogP contribution in [0.1, 0.15) is 37.3 Å². The van der Waals surface area contributed by atoms with Crippen molar-refractivity contribution in [1.82, 2.24) is 0 Å². The molecule has 0 spiro atoms. The Labute approximate surface area is 165 Å². The van der Waals surface area contributed by atoms with E-state index in [0.717, 1.165) is 48.1 Å². The molecule has 0 N–H and O–H groups in total. The third-order valence-corrected chi connectivity index (χ3v) is 4.57. The first-order valence-corrected chi connectivity index (χ1v) is 9.62. The highest BCUT2D eigenvalue weighted by Crippen LogP contribution is 2.25. The van der Waals surface area contributed by atoms with E-state index in [9.17, 15) is 4.79 Å². The van der Waals surface area contributed by atoms with Gasteiger partial charge in [-0.25, -0.2) is 9.79 Å². The molecule has 1 heterocycles. The lowest BCUT2D eigenvalue weighted by atomic mass is 10.0. The molecule has 3 aromatic rings. The van der Waals surface area contributed by atoms with Crippen LogP contribution >= 0.6 is 0 Å². The van der Waals surface area contributed by atoms with Crippen LogP contribution in [0.2, 0.25) is 0 Å². The molecule has 2 aromatic carbocycles. The van der Waals surface area contributed by atoms with Gasteiger partial charge in [0.15, 0.2) is 5.69 Å². The first kappa shape index (κ1) is 19.6. The summed E-state index contributed by atoms with van der Waals surface area (Å²) in [6, 6.07) is 19.2. The molecule has 0 aliphatic carbocycles. The van der Waals surface area contributed by atoms with Crippen molar-refractivity contribution in [2.45, 2.75) is 32.6 Å². The lowest BCUT2D eigenvalue weighted by Gasteiger charge is -2.08. The fourth-order valence-electron chi connectivity index (χ4n) is 3.00. The van der Waals surface area contributed by atoms with Gasteiger partial charge in [-0.3, -0.25) is 0 Å². The zero-order chi connectivity index (χ0) is 19.8. The molecule has 0 amide bonds. The summed E-state index contributed by atoms with van der Waals surface area (Å²) in [6.07, 6.45) is 5.74. The minimum absolute atomic E-state index is 0.381. The van der Waals surface area contributed by atoms with Crippen molar-refractivity contribution in [1.29, 1.82) is 0 Å². The Morgan fingerprint density at radius 3 is 2.46 bits per heavy atom. The lowest BCUT2D eigenvalue weighted by Crippen LogP contribution is -2.04. The number of benzene rings is 2. The average Bonchev–Trinajstić information content (AvgIpc) is 2.74. The molecular formula is C24H25NO3. The summed E-state index contributed by atoms with van der Waals surface area (Å²) in [6.45, 7) is 2.16. The van der Waals surface area contributed by atoms with E-state index in [-0.39, 0.29) is 0 Å². The summed E-state index contributed by atoms with van der Waals surface area (Å²) < 4.78 is 10.7. The quantitative estimate of drug-likeness (QED) is 0.369. The van der Waals surface area contributed by atoms with Crippen LogP contribution in [-0.2, 0) is 6.42 Å². The third kappa shape index (κ3) is 4.97. The summed E-state index contributed by atoms with van der Waals surface area (Å²) in [5, 5.41) is 0. The van der Waals surface area contributed by atoms with Crippen molar-refractivity contribution in [2.24, 2.45) is 4.99 Å². The Hall–Kier alpha value is -3.14. The van der Waals surface area contributed by atoms with Gasteiger partial charge in [-0.2, -0.15) is 0 Å². The van der Waals surface area contributed by atoms with Crippen molar-refractivity contribution in [3.05, 3.63) is 82.2 Å². The van der Waals surface area contributed by atoms with Crippen molar-refractivity contribution in [2.75, 3.05) is 7.11 Å². The van der Waals surface area contributed by atoms with Gasteiger partial charge in [-0.05, 0) is 54.3 Å². The first-order valence-electron chi connectivity index (χ1n) is 9.62. The van der Waals surface area contributed by atoms with Crippen LogP contribution in [0, 0.1) is 0 Å². The van der Waals surface area contributed by atoms with Crippen molar-refractivity contribution >= 4 is 11.9 Å². The molecule has 0 bridgehead atoms. The van der Waals surface area contributed by atoms with Crippen LogP contribution in [0.3, 0.4) is 0 Å². The van der Waals surface area contributed by atoms with Crippen molar-refractivity contribution in [3.8, 4) is 17.1 Å². The number of nitrogens with zero attached hydrogens (tertiary/aromatic N) is 1. The molecule has 0 saturated heterocycles. The predicted molar refractivity (Wildman–Crippen MR) is 114 cm³/mol. The Morgan fingerprint density at radius 2 is 1.79 bits per heavy atom. The second-order valence-electron chi connectivity index (χ2n) is 6.63. The van der Waals surface area contributed by atoms with Crippen molar-refractivity contribution < 1.29 is 9.15 Å². The van der Waals surface area contributed by atoms with E-state index in [1.54, 1.807) is 13.3 Å². The number of unbranched alkanes of at least 4 members (excludes halogenated alkanes) is 2. The van der Waals surface area contributed by atoms with Crippen LogP contribution in [0.4, 0.5) is 5.69 Å². The van der Waals surface area contributed by atoms with Crippen LogP contribution in [0.5, 0.6) is 5.75 Å². The lowest BCUT2D eigenvalue weighted by molar-refractivity contribution is 0.415. The molecular weight excluding hydrogens is 350 g/mol. The number of aryl methyl sites for hydroxylation is 1. The second kappa shape index (κ2) is 9.70. The molecule has 28 heavy (non-hydrogen) atoms. The number of rotatable bonds is 8. The average molecular weight is 375 g/mol. The summed E-state index contributed by atoms with van der Waals surface area (Å²) in [5.74, 6) is 1.37. The smallest absolute Gasteiger partial charge is 0.362 e. The molecule has 0 saturated carbocycles. The third-order valence-electron chi connectivity index (χ3n) is 4.57. The van der Waals surface area contributed by atoms with E-state index >= 15 is 0 Å². The van der Waals surface area contributed by atoms with Gasteiger partial charge >= 0.3 is 5.63 Å². The van der Waals surface area contributed by atoms with Gasteiger partial charge in [-0.1, -0.05) is 50.1 Å². The highest BCUT2D eigenvalue weighted by atomic mass is 16.5. The van der Waals surface area contributed by atoms with Crippen LogP contribution in [0.15, 0.2) is 74.9 Å². The van der Waals surface area contributed by atoms with Gasteiger partial charge < -0.3 is 9.15 Å². The molecule has 1 aromatic heterocycles. The zero-order valence-corrected chi connectivity index (χ0v) is 16.4. The molecule has 3 rings (SSSR count). The minimum atomic E-state index is -0.405. The molecule has 4 nitrogen and oxygen atoms in total. The number of methoxy groups -OCH3 is 1. The summed E-state index contributed by atoms with van der Waals surface area (Å²) >= 11 is 0. The molecule has 144 valence electrons. The zero-order valence-electron chi connectivity index (χ0n) is 16.4. The van der Waals surface area contributed by atoms with Gasteiger partial charge in [0.05, 0.1) is 7.11 Å². The topological polar surface area (TPSA) is 51.8 Å². The SMILES string of the molecule is CCCCCc1cc(-c2ccccc2)oc(=O)c1N=Cc1ccc(OC)cc1. The number of ether oxygens (including phenoxy) is 1. The fourth-order valence-corrected chi connectivity index (χ4v) is 3.00. The molecule has 4 heteroatoms. The maximum Gasteiger partial charge on any atom is 0.362 e. The number of hydrogen-bond acceptors (Lipinski definition) is 4. The first-order chi connectivity index (χ1) is 13.7. The Bertz CT molecular complexity index is 973. The van der Waals surface area contributed by atoms with Crippen LogP contribution < -0.4 is 10.4 Å². The van der Waals surface area contributed by atoms with Gasteiger partial charge in [-0.15, -0.1) is 0 Å². The Morgan fingerprint density at radius 1 is 1.04 bits per heavy atom. The van der Waals surface area contributed by atoms with Crippen LogP contribution in [-0.4, -0.2) is 13.3 Å². The summed E-state index contributed by atoms with van der Waals surface area (Å²) in [7, 11) is 1.63. The Kier molecular flexibility index (Phi) is 6.79. The molecule has 0 fully saturated rings. The standard InChI is InChI=1S/C24H25NO3/c1-3-4-6-11-20-16-22(19-9-7-5-8-10-19)28-24(26)23(20)25-17-18-12-14-21(27-2)15-13-18/h5,7-10,12-17H,3-4,6,11H2,1-2H3. The second-order valence-corrected chi connectivity index (χ2v) is 6.63. The minimum Gasteiger partial charge on any atom is -0.497 e. The molecule has 0 atom stereocenters. The number of hydrogen-bond donors (Lipinski definition) is 0. The van der Waals surface area contributed by atoms with E-state index in [4.69, 9.17) is 9.15 Å². The maximum absolute atomic E-state index is 12.7. The largest absolute Gasteiger partial charge is 0.497 e. The van der Waals surface area contributed by atoms with E-state index in [1.807, 2.05) is 60.7 Å². The van der Waals surface area contributed by atoms with Crippen LogP contribution in [0.25, 0.3) is 11.3 Å². The molecule has 0 aliphatic heterocycles. The molecule has 0 aliphatic rings. The highest BCUT2D eigenvalue weighted by molar-refractivity contribution is 5.82. The maximum atomic E-state index is 12.7. The van der Waals surface area contributed by atoms with E-state index in [2.05, 4.69) is 11.9 Å². The van der Waals surface area contributed by atoms with Gasteiger partial charge in [0.1, 0.15) is 11.5 Å². The number of aliphatic imine (C=N–C) groups is 1. The van der Waals surface area contributed by atoms with E-state index in [1.165, 1.54) is 0 Å². The molecule has 0 radical (unpaired) electrons. The van der Waals surface area contributed by atoms with Crippen molar-refractivity contribution in [3.63, 3.8) is 0 Å². The summed E-state index contributed by atoms with van der Waals surface area (Å²) in [4.78, 5) is 17.2. The normalized spacial score (nSPS) is 11.1. The fraction of sp³-hybridized carbons (Fsp3) is 0.250. The van der Waals surface area contributed by atoms with E-state index in [0.29, 0.717) is 11.4 Å². The van der Waals surface area contributed by atoms with Gasteiger partial charge in [0.25, 0.3) is 0 Å². The van der Waals surface area contributed by atoms with Gasteiger partial charge in [0, 0.05) is 11.8 Å². The summed E-state index contributed by atoms with van der Waals surface area (Å²) in [5.41, 5.74) is 2.69.